The first-order chi connectivity index (χ1) is 8.36. The van der Waals surface area contributed by atoms with Crippen molar-refractivity contribution < 1.29 is 0 Å². The van der Waals surface area contributed by atoms with Gasteiger partial charge in [-0.2, -0.15) is 5.26 Å². The number of rotatable bonds is 3. The Morgan fingerprint density at radius 1 is 1.41 bits per heavy atom. The van der Waals surface area contributed by atoms with Gasteiger partial charge < -0.3 is 10.2 Å². The van der Waals surface area contributed by atoms with E-state index in [4.69, 9.17) is 0 Å². The minimum absolute atomic E-state index is 0.834. The molecule has 0 atom stereocenters. The number of benzene rings is 1. The van der Waals surface area contributed by atoms with Gasteiger partial charge in [-0.3, -0.25) is 0 Å². The molecule has 0 bridgehead atoms. The summed E-state index contributed by atoms with van der Waals surface area (Å²) in [6, 6.07) is 8.51. The first kappa shape index (κ1) is 12.3. The van der Waals surface area contributed by atoms with E-state index in [1.165, 1.54) is 0 Å². The van der Waals surface area contributed by atoms with Crippen LogP contribution in [0.15, 0.2) is 23.1 Å². The van der Waals surface area contributed by atoms with Crippen LogP contribution < -0.4 is 10.2 Å². The molecule has 0 amide bonds. The summed E-state index contributed by atoms with van der Waals surface area (Å²) in [4.78, 5) is 3.40. The molecule has 1 aromatic carbocycles. The third-order valence-corrected chi connectivity index (χ3v) is 3.81. The van der Waals surface area contributed by atoms with Crippen LogP contribution in [0.5, 0.6) is 0 Å². The molecule has 1 aliphatic rings. The van der Waals surface area contributed by atoms with E-state index in [2.05, 4.69) is 35.3 Å². The number of nitrogens with zero attached hydrogens (tertiary/aromatic N) is 2. The summed E-state index contributed by atoms with van der Waals surface area (Å²) in [5.41, 5.74) is 1.92. The largest absolute Gasteiger partial charge is 0.368 e. The predicted octanol–water partition coefficient (Wildman–Crippen LogP) is 2.08. The maximum Gasteiger partial charge on any atom is 0.103 e. The number of thioether (sulfide) groups is 1. The summed E-state index contributed by atoms with van der Waals surface area (Å²) in [6.45, 7) is 6.07. The molecule has 1 saturated heterocycles. The Bertz CT molecular complexity index is 419. The van der Waals surface area contributed by atoms with Crippen molar-refractivity contribution in [3.05, 3.63) is 23.8 Å². The van der Waals surface area contributed by atoms with Gasteiger partial charge in [0, 0.05) is 31.1 Å². The summed E-state index contributed by atoms with van der Waals surface area (Å²) in [7, 11) is 0. The van der Waals surface area contributed by atoms with Crippen molar-refractivity contribution in [2.24, 2.45) is 0 Å². The fraction of sp³-hybridized carbons (Fsp3) is 0.462. The van der Waals surface area contributed by atoms with Crippen LogP contribution in [0, 0.1) is 11.3 Å². The topological polar surface area (TPSA) is 39.1 Å². The molecule has 0 unspecified atom stereocenters. The highest BCUT2D eigenvalue weighted by Crippen LogP contribution is 2.30. The Kier molecular flexibility index (Phi) is 4.29. The lowest BCUT2D eigenvalue weighted by Crippen LogP contribution is -2.43. The lowest BCUT2D eigenvalue weighted by molar-refractivity contribution is 0.588. The van der Waals surface area contributed by atoms with E-state index in [0.29, 0.717) is 0 Å². The molecular weight excluding hydrogens is 230 g/mol. The standard InChI is InChI=1S/C13H17N3S/c1-2-17-13-5-3-4-12(11(13)10-14)16-8-6-15-7-9-16/h3-5,15H,2,6-9H2,1H3. The van der Waals surface area contributed by atoms with E-state index in [0.717, 1.165) is 48.1 Å². The third-order valence-electron chi connectivity index (χ3n) is 2.87. The van der Waals surface area contributed by atoms with Crippen LogP contribution in [-0.2, 0) is 0 Å². The van der Waals surface area contributed by atoms with Crippen LogP contribution in [0.2, 0.25) is 0 Å². The molecule has 17 heavy (non-hydrogen) atoms. The summed E-state index contributed by atoms with van der Waals surface area (Å²) in [5.74, 6) is 1.000. The summed E-state index contributed by atoms with van der Waals surface area (Å²) >= 11 is 1.74. The van der Waals surface area contributed by atoms with Crippen LogP contribution in [0.25, 0.3) is 0 Å². The molecule has 1 fully saturated rings. The number of anilines is 1. The average Bonchev–Trinajstić information content (AvgIpc) is 2.40. The quantitative estimate of drug-likeness (QED) is 0.830. The van der Waals surface area contributed by atoms with Gasteiger partial charge in [0.25, 0.3) is 0 Å². The minimum atomic E-state index is 0.834. The molecule has 0 aromatic heterocycles. The highest BCUT2D eigenvalue weighted by Gasteiger charge is 2.16. The van der Waals surface area contributed by atoms with Gasteiger partial charge >= 0.3 is 0 Å². The second kappa shape index (κ2) is 5.95. The van der Waals surface area contributed by atoms with E-state index < -0.39 is 0 Å². The second-order valence-electron chi connectivity index (χ2n) is 3.93. The third kappa shape index (κ3) is 2.74. The van der Waals surface area contributed by atoms with Gasteiger partial charge in [-0.25, -0.2) is 0 Å². The zero-order valence-electron chi connectivity index (χ0n) is 10.1. The minimum Gasteiger partial charge on any atom is -0.368 e. The molecule has 1 N–H and O–H groups in total. The van der Waals surface area contributed by atoms with Gasteiger partial charge in [-0.15, -0.1) is 11.8 Å². The van der Waals surface area contributed by atoms with Crippen molar-refractivity contribution in [2.75, 3.05) is 36.8 Å². The number of hydrogen-bond donors (Lipinski definition) is 1. The Labute approximate surface area is 107 Å². The van der Waals surface area contributed by atoms with Crippen LogP contribution in [0.3, 0.4) is 0 Å². The van der Waals surface area contributed by atoms with Gasteiger partial charge in [-0.1, -0.05) is 13.0 Å². The average molecular weight is 247 g/mol. The number of nitrogens with one attached hydrogen (secondary N) is 1. The van der Waals surface area contributed by atoms with Gasteiger partial charge in [-0.05, 0) is 17.9 Å². The maximum atomic E-state index is 9.35. The number of hydrogen-bond acceptors (Lipinski definition) is 4. The van der Waals surface area contributed by atoms with Crippen LogP contribution in [0.1, 0.15) is 12.5 Å². The molecule has 1 aromatic rings. The Morgan fingerprint density at radius 3 is 2.82 bits per heavy atom. The second-order valence-corrected chi connectivity index (χ2v) is 5.24. The van der Waals surface area contributed by atoms with Crippen molar-refractivity contribution in [3.8, 4) is 6.07 Å². The Balaban J connectivity index is 2.32. The van der Waals surface area contributed by atoms with Gasteiger partial charge in [0.05, 0.1) is 11.3 Å². The summed E-state index contributed by atoms with van der Waals surface area (Å²) < 4.78 is 0. The molecule has 0 aliphatic carbocycles. The first-order valence-corrected chi connectivity index (χ1v) is 6.97. The Hall–Kier alpha value is -1.18. The van der Waals surface area contributed by atoms with Crippen LogP contribution in [-0.4, -0.2) is 31.9 Å². The summed E-state index contributed by atoms with van der Waals surface area (Å²) in [6.07, 6.45) is 0. The van der Waals surface area contributed by atoms with Crippen LogP contribution in [0.4, 0.5) is 5.69 Å². The summed E-state index contributed by atoms with van der Waals surface area (Å²) in [5, 5.41) is 12.7. The highest BCUT2D eigenvalue weighted by molar-refractivity contribution is 7.99. The number of piperazine rings is 1. The van der Waals surface area contributed by atoms with Gasteiger partial charge in [0.15, 0.2) is 0 Å². The van der Waals surface area contributed by atoms with E-state index in [-0.39, 0.29) is 0 Å². The van der Waals surface area contributed by atoms with Crippen molar-refractivity contribution >= 4 is 17.4 Å². The molecule has 3 nitrogen and oxygen atoms in total. The molecule has 2 rings (SSSR count). The van der Waals surface area contributed by atoms with E-state index >= 15 is 0 Å². The molecule has 1 aliphatic heterocycles. The molecular formula is C13H17N3S. The van der Waals surface area contributed by atoms with Crippen LogP contribution >= 0.6 is 11.8 Å². The predicted molar refractivity (Wildman–Crippen MR) is 72.6 cm³/mol. The lowest BCUT2D eigenvalue weighted by Gasteiger charge is -2.30. The van der Waals surface area contributed by atoms with E-state index in [1.807, 2.05) is 6.07 Å². The maximum absolute atomic E-state index is 9.35. The SMILES string of the molecule is CCSc1cccc(N2CCNCC2)c1C#N. The molecule has 0 saturated carbocycles. The number of nitriles is 1. The van der Waals surface area contributed by atoms with Crippen molar-refractivity contribution in [1.29, 1.82) is 5.26 Å². The smallest absolute Gasteiger partial charge is 0.103 e. The normalized spacial score (nSPS) is 15.6. The Morgan fingerprint density at radius 2 is 2.18 bits per heavy atom. The van der Waals surface area contributed by atoms with E-state index in [1.54, 1.807) is 11.8 Å². The lowest BCUT2D eigenvalue weighted by atomic mass is 10.1. The zero-order chi connectivity index (χ0) is 12.1. The van der Waals surface area contributed by atoms with E-state index in [9.17, 15) is 5.26 Å². The fourth-order valence-corrected chi connectivity index (χ4v) is 2.86. The molecule has 0 spiro atoms. The fourth-order valence-electron chi connectivity index (χ4n) is 2.08. The molecule has 90 valence electrons. The van der Waals surface area contributed by atoms with Crippen molar-refractivity contribution in [2.45, 2.75) is 11.8 Å². The molecule has 1 heterocycles. The molecule has 4 heteroatoms. The monoisotopic (exact) mass is 247 g/mol. The zero-order valence-corrected chi connectivity index (χ0v) is 10.9. The first-order valence-electron chi connectivity index (χ1n) is 5.98. The van der Waals surface area contributed by atoms with Crippen molar-refractivity contribution in [3.63, 3.8) is 0 Å². The van der Waals surface area contributed by atoms with Gasteiger partial charge in [0.1, 0.15) is 6.07 Å². The highest BCUT2D eigenvalue weighted by atomic mass is 32.2. The van der Waals surface area contributed by atoms with Crippen molar-refractivity contribution in [1.82, 2.24) is 5.32 Å². The molecule has 0 radical (unpaired) electrons. The van der Waals surface area contributed by atoms with Gasteiger partial charge in [0.2, 0.25) is 0 Å².